The van der Waals surface area contributed by atoms with Gasteiger partial charge in [-0.2, -0.15) is 0 Å². The smallest absolute Gasteiger partial charge is 0.113 e. The van der Waals surface area contributed by atoms with E-state index in [1.807, 2.05) is 0 Å². The van der Waals surface area contributed by atoms with Gasteiger partial charge in [0.05, 0.1) is 139 Å². The molecule has 0 atom stereocenters. The predicted molar refractivity (Wildman–Crippen MR) is 162 cm³/mol. The van der Waals surface area contributed by atoms with Gasteiger partial charge in [0.2, 0.25) is 0 Å². The lowest BCUT2D eigenvalue weighted by atomic mass is 10.2. The zero-order chi connectivity index (χ0) is 29.6. The molecule has 0 aliphatic rings. The predicted octanol–water partition coefficient (Wildman–Crippen LogP) is 3.13. The van der Waals surface area contributed by atoms with Gasteiger partial charge in [0.15, 0.2) is 0 Å². The van der Waals surface area contributed by atoms with Crippen LogP contribution in [0.15, 0.2) is 0 Å². The van der Waals surface area contributed by atoms with E-state index in [-0.39, 0.29) is 6.61 Å². The number of hydrogen-bond donors (Lipinski definition) is 0. The van der Waals surface area contributed by atoms with Crippen LogP contribution in [-0.2, 0) is 52.1 Å². The van der Waals surface area contributed by atoms with E-state index in [0.717, 1.165) is 13.0 Å². The quantitative estimate of drug-likeness (QED) is 0.0536. The lowest BCUT2D eigenvalue weighted by molar-refractivity contribution is -0.0276. The first kappa shape index (κ1) is 41.2. The van der Waals surface area contributed by atoms with E-state index < -0.39 is 6.67 Å². The molecule has 0 spiro atoms. The van der Waals surface area contributed by atoms with Crippen molar-refractivity contribution < 1.29 is 56.5 Å². The van der Waals surface area contributed by atoms with Gasteiger partial charge in [0, 0.05) is 6.61 Å². The third kappa shape index (κ3) is 40.2. The van der Waals surface area contributed by atoms with Gasteiger partial charge in [-0.15, -0.1) is 0 Å². The Bertz CT molecular complexity index is 421. The summed E-state index contributed by atoms with van der Waals surface area (Å²) in [5.41, 5.74) is 0. The summed E-state index contributed by atoms with van der Waals surface area (Å²) in [6, 6.07) is 0. The second-order valence-electron chi connectivity index (χ2n) is 8.53. The Balaban J connectivity index is 3.02. The second-order valence-corrected chi connectivity index (χ2v) is 9.61. The van der Waals surface area contributed by atoms with Crippen molar-refractivity contribution in [2.45, 2.75) is 25.7 Å². The average Bonchev–Trinajstić information content (AvgIpc) is 2.98. The number of alkyl halides is 2. The Morgan fingerprint density at radius 3 is 0.732 bits per heavy atom. The lowest BCUT2D eigenvalue weighted by Gasteiger charge is -2.09. The second kappa shape index (κ2) is 40.2. The number of hydrogen-bond acceptors (Lipinski definition) is 11. The molecule has 0 amide bonds. The van der Waals surface area contributed by atoms with E-state index >= 15 is 0 Å². The molecule has 248 valence electrons. The first-order chi connectivity index (χ1) is 20.4. The van der Waals surface area contributed by atoms with Crippen molar-refractivity contribution in [3.05, 3.63) is 0 Å². The summed E-state index contributed by atoms with van der Waals surface area (Å²) < 4.78 is 72.4. The van der Waals surface area contributed by atoms with Crippen LogP contribution < -0.4 is 0 Å². The van der Waals surface area contributed by atoms with E-state index in [0.29, 0.717) is 132 Å². The van der Waals surface area contributed by atoms with Crippen LogP contribution in [0.1, 0.15) is 25.7 Å². The Morgan fingerprint density at radius 2 is 0.488 bits per heavy atom. The third-order valence-corrected chi connectivity index (χ3v) is 5.88. The van der Waals surface area contributed by atoms with Crippen molar-refractivity contribution >= 4 is 22.6 Å². The van der Waals surface area contributed by atoms with Gasteiger partial charge >= 0.3 is 0 Å². The van der Waals surface area contributed by atoms with Gasteiger partial charge in [-0.3, -0.25) is 0 Å². The van der Waals surface area contributed by atoms with Gasteiger partial charge in [0.1, 0.15) is 6.67 Å². The highest BCUT2D eigenvalue weighted by Crippen LogP contribution is 2.02. The van der Waals surface area contributed by atoms with E-state index in [2.05, 4.69) is 22.6 Å². The molecule has 0 saturated heterocycles. The first-order valence-corrected chi connectivity index (χ1v) is 16.4. The van der Waals surface area contributed by atoms with E-state index in [1.54, 1.807) is 0 Å². The van der Waals surface area contributed by atoms with Crippen LogP contribution in [0.25, 0.3) is 0 Å². The van der Waals surface area contributed by atoms with E-state index in [1.165, 1.54) is 23.7 Å². The molecular formula is C28H56FIO11. The maximum Gasteiger partial charge on any atom is 0.113 e. The molecule has 0 aromatic carbocycles. The lowest BCUT2D eigenvalue weighted by Crippen LogP contribution is -2.15. The van der Waals surface area contributed by atoms with Crippen LogP contribution in [0.2, 0.25) is 0 Å². The molecule has 0 unspecified atom stereocenters. The normalized spacial score (nSPS) is 11.6. The standard InChI is InChI=1S/C28H56FIO11/c29-5-8-32-10-12-34-14-16-36-18-20-38-22-24-40-26-28-41-27-25-39-23-21-37-19-17-35-15-13-33-11-9-31-7-4-2-1-3-6-30/h1-28H2. The van der Waals surface area contributed by atoms with Gasteiger partial charge in [-0.05, 0) is 17.3 Å². The molecule has 0 aromatic heterocycles. The summed E-state index contributed by atoms with van der Waals surface area (Å²) in [6.07, 6.45) is 4.97. The maximum atomic E-state index is 11.8. The minimum Gasteiger partial charge on any atom is -0.379 e. The highest BCUT2D eigenvalue weighted by atomic mass is 127. The fraction of sp³-hybridized carbons (Fsp3) is 1.00. The van der Waals surface area contributed by atoms with Crippen LogP contribution in [0.5, 0.6) is 0 Å². The Labute approximate surface area is 260 Å². The summed E-state index contributed by atoms with van der Waals surface area (Å²) >= 11 is 2.42. The van der Waals surface area contributed by atoms with Crippen molar-refractivity contribution in [3.8, 4) is 0 Å². The maximum absolute atomic E-state index is 11.8. The zero-order valence-corrected chi connectivity index (χ0v) is 27.2. The third-order valence-electron chi connectivity index (χ3n) is 5.11. The highest BCUT2D eigenvalue weighted by Gasteiger charge is 1.96. The molecule has 0 aliphatic heterocycles. The van der Waals surface area contributed by atoms with Crippen LogP contribution in [-0.4, -0.2) is 156 Å². The van der Waals surface area contributed by atoms with Crippen LogP contribution in [0.3, 0.4) is 0 Å². The van der Waals surface area contributed by atoms with E-state index in [9.17, 15) is 4.39 Å². The largest absolute Gasteiger partial charge is 0.379 e. The van der Waals surface area contributed by atoms with Gasteiger partial charge in [-0.1, -0.05) is 35.4 Å². The topological polar surface area (TPSA) is 102 Å². The van der Waals surface area contributed by atoms with Crippen molar-refractivity contribution in [3.63, 3.8) is 0 Å². The number of unbranched alkanes of at least 4 members (excludes halogenated alkanes) is 3. The fourth-order valence-corrected chi connectivity index (χ4v) is 3.55. The Hall–Kier alpha value is 0.220. The number of halogens is 2. The van der Waals surface area contributed by atoms with Crippen LogP contribution in [0.4, 0.5) is 4.39 Å². The summed E-state index contributed by atoms with van der Waals surface area (Å²) in [5.74, 6) is 0. The number of rotatable bonds is 38. The molecule has 0 bridgehead atoms. The van der Waals surface area contributed by atoms with Crippen molar-refractivity contribution in [1.29, 1.82) is 0 Å². The van der Waals surface area contributed by atoms with Crippen molar-refractivity contribution in [2.75, 3.05) is 156 Å². The summed E-state index contributed by atoms with van der Waals surface area (Å²) in [5, 5.41) is 0. The molecule has 0 N–H and O–H groups in total. The number of ether oxygens (including phenoxy) is 11. The summed E-state index contributed by atoms with van der Waals surface area (Å²) in [4.78, 5) is 0. The molecular weight excluding hydrogens is 658 g/mol. The molecule has 0 radical (unpaired) electrons. The molecule has 13 heteroatoms. The Morgan fingerprint density at radius 1 is 0.268 bits per heavy atom. The van der Waals surface area contributed by atoms with Crippen molar-refractivity contribution in [2.24, 2.45) is 0 Å². The summed E-state index contributed by atoms with van der Waals surface area (Å²) in [7, 11) is 0. The minimum absolute atomic E-state index is 0.116. The molecule has 41 heavy (non-hydrogen) atoms. The SMILES string of the molecule is FCCOCCOCCOCCOCCOCCOCCOCCOCCOCCOCCOCCCCCCI. The summed E-state index contributed by atoms with van der Waals surface area (Å²) in [6.45, 7) is 10.8. The average molecular weight is 715 g/mol. The molecule has 0 aliphatic carbocycles. The minimum atomic E-state index is -0.472. The molecule has 0 heterocycles. The fourth-order valence-electron chi connectivity index (χ4n) is 3.01. The molecule has 0 fully saturated rings. The first-order valence-electron chi connectivity index (χ1n) is 14.9. The van der Waals surface area contributed by atoms with Gasteiger partial charge in [0.25, 0.3) is 0 Å². The van der Waals surface area contributed by atoms with Gasteiger partial charge < -0.3 is 52.1 Å². The van der Waals surface area contributed by atoms with E-state index in [4.69, 9.17) is 52.1 Å². The molecule has 0 aromatic rings. The Kier molecular flexibility index (Phi) is 40.4. The zero-order valence-electron chi connectivity index (χ0n) is 25.0. The molecule has 11 nitrogen and oxygen atoms in total. The van der Waals surface area contributed by atoms with Gasteiger partial charge in [-0.25, -0.2) is 4.39 Å². The van der Waals surface area contributed by atoms with Crippen LogP contribution in [0, 0.1) is 0 Å². The van der Waals surface area contributed by atoms with Crippen LogP contribution >= 0.6 is 22.6 Å². The highest BCUT2D eigenvalue weighted by molar-refractivity contribution is 14.1. The molecule has 0 saturated carbocycles. The monoisotopic (exact) mass is 714 g/mol. The molecule has 0 rings (SSSR count). The van der Waals surface area contributed by atoms with Crippen molar-refractivity contribution in [1.82, 2.24) is 0 Å².